The molecular formula is C27H25N5O4. The highest BCUT2D eigenvalue weighted by Crippen LogP contribution is 2.36. The SMILES string of the molecule is Cc1nn(C)c2nc(-c3ccccc3)cc(C(=O)OCC(=O)N3c4ccccc4NC(=O)C3(C)C)c12. The zero-order valence-electron chi connectivity index (χ0n) is 20.4. The van der Waals surface area contributed by atoms with E-state index in [4.69, 9.17) is 9.72 Å². The number of aryl methyl sites for hydroxylation is 2. The number of nitrogens with one attached hydrogen (secondary N) is 1. The van der Waals surface area contributed by atoms with Crippen LogP contribution in [0.25, 0.3) is 22.3 Å². The maximum Gasteiger partial charge on any atom is 0.339 e. The second-order valence-electron chi connectivity index (χ2n) is 9.16. The van der Waals surface area contributed by atoms with Gasteiger partial charge in [0, 0.05) is 12.6 Å². The van der Waals surface area contributed by atoms with Gasteiger partial charge in [0.1, 0.15) is 5.54 Å². The maximum atomic E-state index is 13.3. The van der Waals surface area contributed by atoms with Crippen LogP contribution in [0.3, 0.4) is 0 Å². The number of nitrogens with zero attached hydrogens (tertiary/aromatic N) is 4. The van der Waals surface area contributed by atoms with Crippen molar-refractivity contribution in [1.82, 2.24) is 14.8 Å². The number of aromatic nitrogens is 3. The molecule has 5 rings (SSSR count). The van der Waals surface area contributed by atoms with Crippen molar-refractivity contribution in [1.29, 1.82) is 0 Å². The minimum atomic E-state index is -1.16. The minimum Gasteiger partial charge on any atom is -0.452 e. The molecule has 3 heterocycles. The monoisotopic (exact) mass is 483 g/mol. The first kappa shape index (κ1) is 23.2. The zero-order valence-corrected chi connectivity index (χ0v) is 20.4. The number of anilines is 2. The van der Waals surface area contributed by atoms with Crippen molar-refractivity contribution in [3.05, 3.63) is 71.9 Å². The highest BCUT2D eigenvalue weighted by molar-refractivity contribution is 6.15. The number of esters is 1. The summed E-state index contributed by atoms with van der Waals surface area (Å²) in [6, 6.07) is 18.2. The van der Waals surface area contributed by atoms with Crippen LogP contribution in [0.2, 0.25) is 0 Å². The van der Waals surface area contributed by atoms with E-state index in [1.165, 1.54) is 4.90 Å². The lowest BCUT2D eigenvalue weighted by Gasteiger charge is -2.41. The minimum absolute atomic E-state index is 0.272. The van der Waals surface area contributed by atoms with Crippen LogP contribution in [0.4, 0.5) is 11.4 Å². The van der Waals surface area contributed by atoms with Crippen LogP contribution in [-0.4, -0.2) is 44.7 Å². The van der Waals surface area contributed by atoms with Crippen molar-refractivity contribution in [2.24, 2.45) is 7.05 Å². The fourth-order valence-corrected chi connectivity index (χ4v) is 4.53. The van der Waals surface area contributed by atoms with Crippen LogP contribution in [0.5, 0.6) is 0 Å². The fraction of sp³-hybridized carbons (Fsp3) is 0.222. The third kappa shape index (κ3) is 3.78. The molecule has 1 aliphatic rings. The molecule has 2 aromatic heterocycles. The Bertz CT molecular complexity index is 1520. The summed E-state index contributed by atoms with van der Waals surface area (Å²) in [5.41, 5.74) is 2.76. The number of amides is 2. The van der Waals surface area contributed by atoms with Crippen LogP contribution in [0.15, 0.2) is 60.7 Å². The zero-order chi connectivity index (χ0) is 25.6. The number of hydrogen-bond donors (Lipinski definition) is 1. The molecule has 2 aromatic carbocycles. The standard InChI is InChI=1S/C27H25N5O4/c1-16-23-18(14-20(17-10-6-5-7-11-17)28-24(23)31(4)30-16)25(34)36-15-22(33)32-21-13-9-8-12-19(21)29-26(35)27(32,2)3/h5-14H,15H2,1-4H3,(H,29,35). The summed E-state index contributed by atoms with van der Waals surface area (Å²) in [6.45, 7) is 4.55. The largest absolute Gasteiger partial charge is 0.452 e. The molecule has 0 bridgehead atoms. The second kappa shape index (κ2) is 8.60. The van der Waals surface area contributed by atoms with E-state index in [0.29, 0.717) is 33.8 Å². The van der Waals surface area contributed by atoms with E-state index in [9.17, 15) is 14.4 Å². The summed E-state index contributed by atoms with van der Waals surface area (Å²) < 4.78 is 7.14. The smallest absolute Gasteiger partial charge is 0.339 e. The summed E-state index contributed by atoms with van der Waals surface area (Å²) in [5, 5.41) is 7.80. The third-order valence-corrected chi connectivity index (χ3v) is 6.34. The molecule has 0 saturated heterocycles. The molecule has 0 saturated carbocycles. The van der Waals surface area contributed by atoms with Gasteiger partial charge in [-0.05, 0) is 39.0 Å². The lowest BCUT2D eigenvalue weighted by atomic mass is 9.96. The van der Waals surface area contributed by atoms with Crippen LogP contribution < -0.4 is 10.2 Å². The van der Waals surface area contributed by atoms with E-state index < -0.39 is 24.0 Å². The Kier molecular flexibility index (Phi) is 5.55. The molecular weight excluding hydrogens is 458 g/mol. The Balaban J connectivity index is 1.47. The molecule has 2 amide bonds. The molecule has 0 aliphatic carbocycles. The van der Waals surface area contributed by atoms with Crippen molar-refractivity contribution in [2.75, 3.05) is 16.8 Å². The normalized spacial score (nSPS) is 14.3. The van der Waals surface area contributed by atoms with Crippen molar-refractivity contribution in [2.45, 2.75) is 26.3 Å². The molecule has 0 radical (unpaired) electrons. The lowest BCUT2D eigenvalue weighted by Crippen LogP contribution is -2.59. The third-order valence-electron chi connectivity index (χ3n) is 6.34. The van der Waals surface area contributed by atoms with Gasteiger partial charge >= 0.3 is 5.97 Å². The van der Waals surface area contributed by atoms with Gasteiger partial charge in [0.25, 0.3) is 5.91 Å². The highest BCUT2D eigenvalue weighted by atomic mass is 16.5. The van der Waals surface area contributed by atoms with E-state index in [2.05, 4.69) is 10.4 Å². The van der Waals surface area contributed by atoms with E-state index in [1.807, 2.05) is 30.3 Å². The number of carbonyl (C=O) groups excluding carboxylic acids is 3. The Morgan fingerprint density at radius 2 is 1.75 bits per heavy atom. The van der Waals surface area contributed by atoms with Gasteiger partial charge < -0.3 is 10.1 Å². The van der Waals surface area contributed by atoms with Gasteiger partial charge in [-0.1, -0.05) is 42.5 Å². The molecule has 4 aromatic rings. The van der Waals surface area contributed by atoms with Gasteiger partial charge in [-0.25, -0.2) is 9.78 Å². The first-order valence-electron chi connectivity index (χ1n) is 11.5. The molecule has 36 heavy (non-hydrogen) atoms. The number of fused-ring (bicyclic) bond motifs is 2. The summed E-state index contributed by atoms with van der Waals surface area (Å²) in [7, 11) is 1.76. The molecule has 0 unspecified atom stereocenters. The summed E-state index contributed by atoms with van der Waals surface area (Å²) >= 11 is 0. The average Bonchev–Trinajstić information content (AvgIpc) is 3.16. The van der Waals surface area contributed by atoms with Gasteiger partial charge in [0.05, 0.1) is 33.7 Å². The molecule has 9 nitrogen and oxygen atoms in total. The van der Waals surface area contributed by atoms with E-state index >= 15 is 0 Å². The molecule has 0 atom stereocenters. The average molecular weight is 484 g/mol. The number of ether oxygens (including phenoxy) is 1. The van der Waals surface area contributed by atoms with Crippen LogP contribution in [0, 0.1) is 6.92 Å². The summed E-state index contributed by atoms with van der Waals surface area (Å²) in [4.78, 5) is 45.4. The van der Waals surface area contributed by atoms with Gasteiger partial charge in [-0.3, -0.25) is 19.2 Å². The first-order chi connectivity index (χ1) is 17.2. The maximum absolute atomic E-state index is 13.3. The van der Waals surface area contributed by atoms with Crippen LogP contribution in [-0.2, 0) is 21.4 Å². The van der Waals surface area contributed by atoms with Crippen LogP contribution in [0.1, 0.15) is 29.9 Å². The van der Waals surface area contributed by atoms with Gasteiger partial charge in [0.15, 0.2) is 12.3 Å². The number of hydrogen-bond acceptors (Lipinski definition) is 6. The Hall–Kier alpha value is -4.53. The lowest BCUT2D eigenvalue weighted by molar-refractivity contribution is -0.128. The fourth-order valence-electron chi connectivity index (χ4n) is 4.53. The molecule has 0 fully saturated rings. The quantitative estimate of drug-likeness (QED) is 0.442. The summed E-state index contributed by atoms with van der Waals surface area (Å²) in [5.74, 6) is -1.50. The van der Waals surface area contributed by atoms with Crippen molar-refractivity contribution in [3.63, 3.8) is 0 Å². The Morgan fingerprint density at radius 3 is 2.50 bits per heavy atom. The van der Waals surface area contributed by atoms with Gasteiger partial charge in [-0.2, -0.15) is 5.10 Å². The topological polar surface area (TPSA) is 106 Å². The molecule has 182 valence electrons. The predicted octanol–water partition coefficient (Wildman–Crippen LogP) is 3.86. The second-order valence-corrected chi connectivity index (χ2v) is 9.16. The first-order valence-corrected chi connectivity index (χ1v) is 11.5. The number of benzene rings is 2. The predicted molar refractivity (Wildman–Crippen MR) is 136 cm³/mol. The summed E-state index contributed by atoms with van der Waals surface area (Å²) in [6.07, 6.45) is 0. The molecule has 0 spiro atoms. The molecule has 1 N–H and O–H groups in total. The van der Waals surface area contributed by atoms with Gasteiger partial charge in [-0.15, -0.1) is 0 Å². The Labute approximate surface area is 207 Å². The Morgan fingerprint density at radius 1 is 1.06 bits per heavy atom. The van der Waals surface area contributed by atoms with Crippen molar-refractivity contribution >= 4 is 40.2 Å². The number of rotatable bonds is 4. The van der Waals surface area contributed by atoms with E-state index in [0.717, 1.165) is 5.56 Å². The van der Waals surface area contributed by atoms with Gasteiger partial charge in [0.2, 0.25) is 5.91 Å². The number of carbonyl (C=O) groups is 3. The van der Waals surface area contributed by atoms with E-state index in [-0.39, 0.29) is 11.5 Å². The van der Waals surface area contributed by atoms with Crippen molar-refractivity contribution in [3.8, 4) is 11.3 Å². The number of para-hydroxylation sites is 2. The van der Waals surface area contributed by atoms with Crippen molar-refractivity contribution < 1.29 is 19.1 Å². The molecule has 1 aliphatic heterocycles. The highest BCUT2D eigenvalue weighted by Gasteiger charge is 2.43. The number of pyridine rings is 1. The molecule has 9 heteroatoms. The van der Waals surface area contributed by atoms with Crippen LogP contribution >= 0.6 is 0 Å². The van der Waals surface area contributed by atoms with E-state index in [1.54, 1.807) is 62.8 Å².